The summed E-state index contributed by atoms with van der Waals surface area (Å²) in [6.45, 7) is 4.33. The maximum absolute atomic E-state index is 13.6. The zero-order valence-electron chi connectivity index (χ0n) is 16.2. The molecule has 1 atom stereocenters. The molecule has 1 aromatic heterocycles. The molecule has 144 valence electrons. The SMILES string of the molecule is CC1(C)c2ccccc2N(C(=O)c2ccc(Cl)cc2)[C@@H]1c1cc2ccccc2o1. The second-order valence-electron chi connectivity index (χ2n) is 8.01. The van der Waals surface area contributed by atoms with Crippen molar-refractivity contribution in [3.05, 3.63) is 101 Å². The van der Waals surface area contributed by atoms with Crippen molar-refractivity contribution in [3.8, 4) is 0 Å². The van der Waals surface area contributed by atoms with Crippen LogP contribution >= 0.6 is 11.6 Å². The Morgan fingerprint density at radius 1 is 0.966 bits per heavy atom. The Morgan fingerprint density at radius 2 is 1.66 bits per heavy atom. The molecule has 0 spiro atoms. The second-order valence-corrected chi connectivity index (χ2v) is 8.45. The Hall–Kier alpha value is -3.04. The Balaban J connectivity index is 1.70. The van der Waals surface area contributed by atoms with Gasteiger partial charge in [-0.3, -0.25) is 9.69 Å². The van der Waals surface area contributed by atoms with Crippen molar-refractivity contribution >= 4 is 34.2 Å². The van der Waals surface area contributed by atoms with E-state index in [1.165, 1.54) is 0 Å². The monoisotopic (exact) mass is 401 g/mol. The van der Waals surface area contributed by atoms with Gasteiger partial charge in [-0.2, -0.15) is 0 Å². The lowest BCUT2D eigenvalue weighted by Crippen LogP contribution is -2.37. The van der Waals surface area contributed by atoms with Crippen LogP contribution in [0, 0.1) is 0 Å². The molecule has 1 aliphatic rings. The molecule has 0 fully saturated rings. The molecule has 3 aromatic carbocycles. The average molecular weight is 402 g/mol. The first-order valence-electron chi connectivity index (χ1n) is 9.64. The van der Waals surface area contributed by atoms with Gasteiger partial charge in [-0.1, -0.05) is 61.8 Å². The molecule has 0 radical (unpaired) electrons. The Bertz CT molecular complexity index is 1190. The second kappa shape index (κ2) is 6.50. The van der Waals surface area contributed by atoms with Gasteiger partial charge in [0.2, 0.25) is 0 Å². The molecule has 0 saturated heterocycles. The predicted octanol–water partition coefficient (Wildman–Crippen LogP) is 6.77. The molecule has 29 heavy (non-hydrogen) atoms. The topological polar surface area (TPSA) is 33.5 Å². The standard InChI is InChI=1S/C25H20ClNO2/c1-25(2)19-8-4-5-9-20(19)27(24(28)16-11-13-18(26)14-12-16)23(25)22-15-17-7-3-6-10-21(17)29-22/h3-15,23H,1-2H3/t23-/m1/s1. The first-order chi connectivity index (χ1) is 14.0. The third kappa shape index (κ3) is 2.77. The molecule has 0 aliphatic carbocycles. The van der Waals surface area contributed by atoms with E-state index in [-0.39, 0.29) is 17.4 Å². The normalized spacial score (nSPS) is 17.5. The molecule has 1 amide bonds. The molecule has 3 nitrogen and oxygen atoms in total. The average Bonchev–Trinajstić information content (AvgIpc) is 3.24. The Labute approximate surface area is 174 Å². The highest BCUT2D eigenvalue weighted by Crippen LogP contribution is 2.53. The molecule has 1 aliphatic heterocycles. The van der Waals surface area contributed by atoms with E-state index in [4.69, 9.17) is 16.0 Å². The van der Waals surface area contributed by atoms with E-state index in [9.17, 15) is 4.79 Å². The van der Waals surface area contributed by atoms with Gasteiger partial charge in [-0.15, -0.1) is 0 Å². The maximum atomic E-state index is 13.6. The molecule has 0 N–H and O–H groups in total. The number of hydrogen-bond acceptors (Lipinski definition) is 2. The van der Waals surface area contributed by atoms with Crippen LogP contribution in [-0.2, 0) is 5.41 Å². The lowest BCUT2D eigenvalue weighted by molar-refractivity contribution is 0.0967. The van der Waals surface area contributed by atoms with Gasteiger partial charge in [0.1, 0.15) is 17.4 Å². The summed E-state index contributed by atoms with van der Waals surface area (Å²) in [6, 6.07) is 24.9. The fourth-order valence-corrected chi connectivity index (χ4v) is 4.54. The summed E-state index contributed by atoms with van der Waals surface area (Å²) in [7, 11) is 0. The predicted molar refractivity (Wildman–Crippen MR) is 117 cm³/mol. The zero-order valence-corrected chi connectivity index (χ0v) is 17.0. The highest BCUT2D eigenvalue weighted by atomic mass is 35.5. The van der Waals surface area contributed by atoms with Crippen LogP contribution in [0.4, 0.5) is 5.69 Å². The fourth-order valence-electron chi connectivity index (χ4n) is 4.42. The molecule has 4 heteroatoms. The quantitative estimate of drug-likeness (QED) is 0.371. The van der Waals surface area contributed by atoms with Crippen molar-refractivity contribution in [1.29, 1.82) is 0 Å². The van der Waals surface area contributed by atoms with Crippen LogP contribution in [0.1, 0.15) is 41.6 Å². The molecule has 0 unspecified atom stereocenters. The number of rotatable bonds is 2. The van der Waals surface area contributed by atoms with E-state index in [2.05, 4.69) is 26.0 Å². The van der Waals surface area contributed by atoms with Crippen LogP contribution < -0.4 is 4.90 Å². The van der Waals surface area contributed by atoms with Crippen molar-refractivity contribution in [2.24, 2.45) is 0 Å². The Kier molecular flexibility index (Phi) is 4.04. The minimum Gasteiger partial charge on any atom is -0.459 e. The van der Waals surface area contributed by atoms with Gasteiger partial charge in [-0.05, 0) is 48.0 Å². The van der Waals surface area contributed by atoms with Crippen molar-refractivity contribution in [3.63, 3.8) is 0 Å². The first-order valence-corrected chi connectivity index (χ1v) is 10.0. The maximum Gasteiger partial charge on any atom is 0.258 e. The van der Waals surface area contributed by atoms with Crippen LogP contribution in [-0.4, -0.2) is 5.91 Å². The molecule has 0 bridgehead atoms. The number of anilines is 1. The largest absolute Gasteiger partial charge is 0.459 e. The van der Waals surface area contributed by atoms with Crippen LogP contribution in [0.15, 0.2) is 83.3 Å². The van der Waals surface area contributed by atoms with Crippen LogP contribution in [0.5, 0.6) is 0 Å². The first kappa shape index (κ1) is 18.0. The highest BCUT2D eigenvalue weighted by Gasteiger charge is 2.49. The number of benzene rings is 3. The molecule has 5 rings (SSSR count). The summed E-state index contributed by atoms with van der Waals surface area (Å²) in [6.07, 6.45) is 0. The van der Waals surface area contributed by atoms with Gasteiger partial charge in [0.15, 0.2) is 0 Å². The molecule has 2 heterocycles. The third-order valence-corrected chi connectivity index (χ3v) is 6.08. The van der Waals surface area contributed by atoms with E-state index in [0.717, 1.165) is 28.0 Å². The summed E-state index contributed by atoms with van der Waals surface area (Å²) in [5.41, 5.74) is 3.17. The summed E-state index contributed by atoms with van der Waals surface area (Å²) in [5, 5.41) is 1.64. The minimum atomic E-state index is -0.313. The highest BCUT2D eigenvalue weighted by molar-refractivity contribution is 6.30. The zero-order chi connectivity index (χ0) is 20.2. The Morgan fingerprint density at radius 3 is 2.41 bits per heavy atom. The fraction of sp³-hybridized carbons (Fsp3) is 0.160. The number of halogens is 1. The number of fused-ring (bicyclic) bond motifs is 2. The van der Waals surface area contributed by atoms with Crippen LogP contribution in [0.3, 0.4) is 0 Å². The van der Waals surface area contributed by atoms with Gasteiger partial charge < -0.3 is 4.42 Å². The number of carbonyl (C=O) groups is 1. The van der Waals surface area contributed by atoms with Crippen molar-refractivity contribution in [2.75, 3.05) is 4.90 Å². The van der Waals surface area contributed by atoms with E-state index in [1.54, 1.807) is 24.3 Å². The number of amides is 1. The summed E-state index contributed by atoms with van der Waals surface area (Å²) in [5.74, 6) is 0.722. The summed E-state index contributed by atoms with van der Waals surface area (Å²) < 4.78 is 6.24. The van der Waals surface area contributed by atoms with Crippen LogP contribution in [0.25, 0.3) is 11.0 Å². The van der Waals surface area contributed by atoms with E-state index < -0.39 is 0 Å². The number of nitrogens with zero attached hydrogens (tertiary/aromatic N) is 1. The lowest BCUT2D eigenvalue weighted by Gasteiger charge is -2.31. The lowest BCUT2D eigenvalue weighted by atomic mass is 9.79. The van der Waals surface area contributed by atoms with Gasteiger partial charge in [0.05, 0.1) is 0 Å². The molecule has 0 saturated carbocycles. The van der Waals surface area contributed by atoms with E-state index in [0.29, 0.717) is 10.6 Å². The minimum absolute atomic E-state index is 0.0647. The number of hydrogen-bond donors (Lipinski definition) is 0. The number of para-hydroxylation sites is 2. The van der Waals surface area contributed by atoms with Crippen molar-refractivity contribution < 1.29 is 9.21 Å². The third-order valence-electron chi connectivity index (χ3n) is 5.82. The summed E-state index contributed by atoms with van der Waals surface area (Å²) in [4.78, 5) is 15.5. The van der Waals surface area contributed by atoms with Gasteiger partial charge in [0.25, 0.3) is 5.91 Å². The van der Waals surface area contributed by atoms with Crippen molar-refractivity contribution in [2.45, 2.75) is 25.3 Å². The van der Waals surface area contributed by atoms with Crippen molar-refractivity contribution in [1.82, 2.24) is 0 Å². The summed E-state index contributed by atoms with van der Waals surface area (Å²) >= 11 is 6.03. The molecular formula is C25H20ClNO2. The van der Waals surface area contributed by atoms with Gasteiger partial charge in [0, 0.05) is 27.1 Å². The van der Waals surface area contributed by atoms with Gasteiger partial charge in [-0.25, -0.2) is 0 Å². The molecular weight excluding hydrogens is 382 g/mol. The molecule has 4 aromatic rings. The van der Waals surface area contributed by atoms with E-state index in [1.807, 2.05) is 47.4 Å². The van der Waals surface area contributed by atoms with Gasteiger partial charge >= 0.3 is 0 Å². The number of furan rings is 1. The number of carbonyl (C=O) groups excluding carboxylic acids is 1. The van der Waals surface area contributed by atoms with E-state index >= 15 is 0 Å². The van der Waals surface area contributed by atoms with Crippen LogP contribution in [0.2, 0.25) is 5.02 Å². The smallest absolute Gasteiger partial charge is 0.258 e.